The molecule has 0 bridgehead atoms. The Bertz CT molecular complexity index is 354. The molecule has 1 aromatic rings. The molecule has 1 amide bonds. The topological polar surface area (TPSA) is 29.1 Å². The van der Waals surface area contributed by atoms with Gasteiger partial charge in [-0.2, -0.15) is 0 Å². The van der Waals surface area contributed by atoms with Crippen molar-refractivity contribution in [2.75, 3.05) is 11.9 Å². The third-order valence-electron chi connectivity index (χ3n) is 2.00. The van der Waals surface area contributed by atoms with Crippen LogP contribution in [0.5, 0.6) is 0 Å². The first kappa shape index (κ1) is 14.7. The van der Waals surface area contributed by atoms with E-state index in [4.69, 9.17) is 0 Å². The molecule has 0 aliphatic rings. The average Bonchev–Trinajstić information content (AvgIpc) is 2.57. The number of nitrogens with one attached hydrogen (secondary N) is 1. The van der Waals surface area contributed by atoms with Crippen LogP contribution in [0, 0.1) is 0 Å². The van der Waals surface area contributed by atoms with Crippen LogP contribution in [0.25, 0.3) is 0 Å². The monoisotopic (exact) mass is 431 g/mol. The van der Waals surface area contributed by atoms with Gasteiger partial charge in [-0.1, -0.05) is 22.4 Å². The van der Waals surface area contributed by atoms with Crippen molar-refractivity contribution in [2.45, 2.75) is 19.3 Å². The second-order valence-corrected chi connectivity index (χ2v) is 7.79. The highest BCUT2D eigenvalue weighted by Crippen LogP contribution is 2.31. The molecule has 2 nitrogen and oxygen atoms in total. The average molecular weight is 434 g/mol. The molecule has 0 unspecified atom stereocenters. The lowest BCUT2D eigenvalue weighted by atomic mass is 10.2. The summed E-state index contributed by atoms with van der Waals surface area (Å²) in [6.07, 6.45) is 3.32. The number of halogens is 3. The Morgan fingerprint density at radius 2 is 2.06 bits per heavy atom. The summed E-state index contributed by atoms with van der Waals surface area (Å²) in [7, 11) is 0. The van der Waals surface area contributed by atoms with Gasteiger partial charge < -0.3 is 5.32 Å². The maximum atomic E-state index is 11.7. The summed E-state index contributed by atoms with van der Waals surface area (Å²) in [6.45, 7) is 0.742. The smallest absolute Gasteiger partial charge is 0.253 e. The Morgan fingerprint density at radius 3 is 2.62 bits per heavy atom. The van der Waals surface area contributed by atoms with Crippen LogP contribution in [0.2, 0.25) is 0 Å². The summed E-state index contributed by atoms with van der Waals surface area (Å²) in [5, 5.41) is 3.95. The van der Waals surface area contributed by atoms with Gasteiger partial charge in [0.2, 0.25) is 0 Å². The second-order valence-electron chi connectivity index (χ2n) is 3.24. The largest absolute Gasteiger partial charge is 0.352 e. The van der Waals surface area contributed by atoms with Crippen molar-refractivity contribution >= 4 is 65.0 Å². The third-order valence-corrected chi connectivity index (χ3v) is 4.90. The Kier molecular flexibility index (Phi) is 7.19. The molecule has 0 radical (unpaired) electrons. The molecular formula is C10H12Br3NOS. The Labute approximate surface area is 125 Å². The Morgan fingerprint density at radius 1 is 1.31 bits per heavy atom. The van der Waals surface area contributed by atoms with Crippen molar-refractivity contribution in [3.8, 4) is 0 Å². The quantitative estimate of drug-likeness (QED) is 0.516. The van der Waals surface area contributed by atoms with Crippen LogP contribution < -0.4 is 5.32 Å². The van der Waals surface area contributed by atoms with Crippen molar-refractivity contribution in [1.82, 2.24) is 5.32 Å². The molecule has 1 N–H and O–H groups in total. The minimum absolute atomic E-state index is 0.00679. The molecular weight excluding hydrogens is 422 g/mol. The lowest BCUT2D eigenvalue weighted by molar-refractivity contribution is 0.0952. The number of thiophene rings is 1. The number of carbonyl (C=O) groups excluding carboxylic acids is 1. The van der Waals surface area contributed by atoms with Crippen LogP contribution in [-0.2, 0) is 0 Å². The van der Waals surface area contributed by atoms with Crippen LogP contribution in [0.15, 0.2) is 13.6 Å². The molecule has 0 spiro atoms. The zero-order valence-corrected chi connectivity index (χ0v) is 14.1. The number of alkyl halides is 1. The molecule has 1 aromatic heterocycles. The number of rotatable bonds is 6. The van der Waals surface area contributed by atoms with Gasteiger partial charge in [-0.05, 0) is 50.8 Å². The summed E-state index contributed by atoms with van der Waals surface area (Å²) in [4.78, 5) is 11.7. The van der Waals surface area contributed by atoms with Crippen molar-refractivity contribution in [2.24, 2.45) is 0 Å². The maximum absolute atomic E-state index is 11.7. The number of hydrogen-bond donors (Lipinski definition) is 1. The summed E-state index contributed by atoms with van der Waals surface area (Å²) >= 11 is 11.6. The number of hydrogen-bond acceptors (Lipinski definition) is 2. The van der Waals surface area contributed by atoms with Crippen molar-refractivity contribution in [1.29, 1.82) is 0 Å². The predicted molar refractivity (Wildman–Crippen MR) is 79.7 cm³/mol. The second kappa shape index (κ2) is 7.84. The molecule has 0 saturated carbocycles. The summed E-state index contributed by atoms with van der Waals surface area (Å²) < 4.78 is 1.83. The van der Waals surface area contributed by atoms with Gasteiger partial charge in [0.15, 0.2) is 0 Å². The Hall–Kier alpha value is 0.610. The van der Waals surface area contributed by atoms with Crippen molar-refractivity contribution < 1.29 is 4.79 Å². The highest BCUT2D eigenvalue weighted by molar-refractivity contribution is 9.12. The van der Waals surface area contributed by atoms with E-state index in [-0.39, 0.29) is 5.91 Å². The van der Waals surface area contributed by atoms with Gasteiger partial charge in [0, 0.05) is 11.9 Å². The molecule has 1 heterocycles. The van der Waals surface area contributed by atoms with E-state index in [9.17, 15) is 4.79 Å². The first-order valence-corrected chi connectivity index (χ1v) is 8.46. The van der Waals surface area contributed by atoms with Crippen LogP contribution in [0.4, 0.5) is 0 Å². The lowest BCUT2D eigenvalue weighted by Gasteiger charge is -2.03. The zero-order chi connectivity index (χ0) is 12.0. The first-order chi connectivity index (χ1) is 7.65. The number of carbonyl (C=O) groups is 1. The van der Waals surface area contributed by atoms with Crippen LogP contribution in [0.3, 0.4) is 0 Å². The maximum Gasteiger partial charge on any atom is 0.253 e. The SMILES string of the molecule is O=C(NCCCCCBr)c1cc(Br)sc1Br. The van der Waals surface area contributed by atoms with E-state index in [0.717, 1.165) is 38.7 Å². The molecule has 0 aliphatic heterocycles. The molecule has 0 aliphatic carbocycles. The molecule has 16 heavy (non-hydrogen) atoms. The Balaban J connectivity index is 2.33. The fraction of sp³-hybridized carbons (Fsp3) is 0.500. The van der Waals surface area contributed by atoms with Gasteiger partial charge in [-0.15, -0.1) is 11.3 Å². The highest BCUT2D eigenvalue weighted by Gasteiger charge is 2.12. The summed E-state index contributed by atoms with van der Waals surface area (Å²) in [6, 6.07) is 1.84. The van der Waals surface area contributed by atoms with Crippen molar-refractivity contribution in [3.05, 3.63) is 19.2 Å². The van der Waals surface area contributed by atoms with Gasteiger partial charge in [-0.25, -0.2) is 0 Å². The molecule has 0 saturated heterocycles. The molecule has 0 atom stereocenters. The van der Waals surface area contributed by atoms with Gasteiger partial charge in [-0.3, -0.25) is 4.79 Å². The molecule has 6 heteroatoms. The van der Waals surface area contributed by atoms with Gasteiger partial charge >= 0.3 is 0 Å². The minimum Gasteiger partial charge on any atom is -0.352 e. The minimum atomic E-state index is -0.00679. The van der Waals surface area contributed by atoms with Gasteiger partial charge in [0.25, 0.3) is 5.91 Å². The fourth-order valence-corrected chi connectivity index (χ4v) is 4.38. The van der Waals surface area contributed by atoms with Crippen molar-refractivity contribution in [3.63, 3.8) is 0 Å². The fourth-order valence-electron chi connectivity index (χ4n) is 1.19. The van der Waals surface area contributed by atoms with E-state index in [2.05, 4.69) is 53.1 Å². The first-order valence-electron chi connectivity index (χ1n) is 4.94. The van der Waals surface area contributed by atoms with E-state index in [1.165, 1.54) is 11.3 Å². The molecule has 90 valence electrons. The number of unbranched alkanes of at least 4 members (excludes halogenated alkanes) is 2. The standard InChI is InChI=1S/C10H12Br3NOS/c11-4-2-1-3-5-14-10(15)7-6-8(12)16-9(7)13/h6H,1-5H2,(H,14,15). The highest BCUT2D eigenvalue weighted by atomic mass is 79.9. The predicted octanol–water partition coefficient (Wildman–Crippen LogP) is 4.57. The van der Waals surface area contributed by atoms with E-state index in [1.807, 2.05) is 6.07 Å². The van der Waals surface area contributed by atoms with Gasteiger partial charge in [0.05, 0.1) is 13.1 Å². The molecule has 0 aromatic carbocycles. The normalized spacial score (nSPS) is 10.4. The van der Waals surface area contributed by atoms with Crippen LogP contribution >= 0.6 is 59.1 Å². The van der Waals surface area contributed by atoms with E-state index >= 15 is 0 Å². The van der Waals surface area contributed by atoms with E-state index in [0.29, 0.717) is 5.56 Å². The van der Waals surface area contributed by atoms with Crippen LogP contribution in [-0.4, -0.2) is 17.8 Å². The summed E-state index contributed by atoms with van der Waals surface area (Å²) in [5.74, 6) is -0.00679. The molecule has 0 fully saturated rings. The summed E-state index contributed by atoms with van der Waals surface area (Å²) in [5.41, 5.74) is 0.706. The van der Waals surface area contributed by atoms with E-state index in [1.54, 1.807) is 0 Å². The molecule has 1 rings (SSSR count). The van der Waals surface area contributed by atoms with Crippen LogP contribution in [0.1, 0.15) is 29.6 Å². The number of amides is 1. The van der Waals surface area contributed by atoms with Gasteiger partial charge in [0.1, 0.15) is 0 Å². The third kappa shape index (κ3) is 4.85. The lowest BCUT2D eigenvalue weighted by Crippen LogP contribution is -2.24. The van der Waals surface area contributed by atoms with E-state index < -0.39 is 0 Å². The zero-order valence-electron chi connectivity index (χ0n) is 8.56.